The maximum absolute atomic E-state index is 5.42. The molecule has 3 N–H and O–H groups in total. The molecular formula is C13H21N5O. The normalized spacial score (nSPS) is 23.7. The molecule has 1 saturated heterocycles. The molecule has 6 nitrogen and oxygen atoms in total. The van der Waals surface area contributed by atoms with Gasteiger partial charge in [0.2, 0.25) is 0 Å². The average molecular weight is 263 g/mol. The lowest BCUT2D eigenvalue weighted by atomic mass is 9.93. The molecule has 1 saturated carbocycles. The summed E-state index contributed by atoms with van der Waals surface area (Å²) >= 11 is 0. The molecule has 1 aliphatic heterocycles. The first-order valence-electron chi connectivity index (χ1n) is 7.04. The summed E-state index contributed by atoms with van der Waals surface area (Å²) in [5.74, 6) is 1.78. The summed E-state index contributed by atoms with van der Waals surface area (Å²) < 4.78 is 5.42. The number of hydrogen-bond donors (Lipinski definition) is 3. The molecule has 1 unspecified atom stereocenters. The van der Waals surface area contributed by atoms with Crippen LogP contribution >= 0.6 is 0 Å². The second-order valence-corrected chi connectivity index (χ2v) is 5.17. The molecule has 1 aromatic rings. The Hall–Kier alpha value is -1.40. The molecule has 0 amide bonds. The van der Waals surface area contributed by atoms with E-state index in [0.717, 1.165) is 37.9 Å². The average Bonchev–Trinajstić information content (AvgIpc) is 2.42. The van der Waals surface area contributed by atoms with Crippen molar-refractivity contribution >= 4 is 11.6 Å². The van der Waals surface area contributed by atoms with Crippen molar-refractivity contribution in [2.24, 2.45) is 0 Å². The Labute approximate surface area is 113 Å². The van der Waals surface area contributed by atoms with Gasteiger partial charge >= 0.3 is 0 Å². The summed E-state index contributed by atoms with van der Waals surface area (Å²) in [5, 5.41) is 10.2. The van der Waals surface area contributed by atoms with Crippen molar-refractivity contribution in [2.45, 2.75) is 31.3 Å². The zero-order valence-corrected chi connectivity index (χ0v) is 11.1. The van der Waals surface area contributed by atoms with Crippen LogP contribution in [0.5, 0.6) is 0 Å². The van der Waals surface area contributed by atoms with Crippen LogP contribution in [0.1, 0.15) is 19.3 Å². The van der Waals surface area contributed by atoms with Crippen LogP contribution in [0.25, 0.3) is 0 Å². The number of morpholine rings is 1. The summed E-state index contributed by atoms with van der Waals surface area (Å²) in [6.07, 6.45) is 5.42. The maximum atomic E-state index is 5.42. The number of hydrogen-bond acceptors (Lipinski definition) is 6. The summed E-state index contributed by atoms with van der Waals surface area (Å²) in [6.45, 7) is 3.30. The van der Waals surface area contributed by atoms with Crippen molar-refractivity contribution < 1.29 is 4.74 Å². The fraction of sp³-hybridized carbons (Fsp3) is 0.692. The van der Waals surface area contributed by atoms with Crippen molar-refractivity contribution in [1.82, 2.24) is 15.3 Å². The first-order valence-corrected chi connectivity index (χ1v) is 7.04. The topological polar surface area (TPSA) is 71.1 Å². The number of nitrogens with one attached hydrogen (secondary N) is 3. The highest BCUT2D eigenvalue weighted by molar-refractivity contribution is 5.47. The lowest BCUT2D eigenvalue weighted by molar-refractivity contribution is 0.0806. The highest BCUT2D eigenvalue weighted by Crippen LogP contribution is 2.22. The molecule has 2 heterocycles. The van der Waals surface area contributed by atoms with E-state index in [-0.39, 0.29) is 0 Å². The van der Waals surface area contributed by atoms with Gasteiger partial charge in [0.25, 0.3) is 0 Å². The zero-order valence-electron chi connectivity index (χ0n) is 11.1. The van der Waals surface area contributed by atoms with Gasteiger partial charge in [-0.2, -0.15) is 0 Å². The molecule has 3 rings (SSSR count). The molecule has 0 aromatic carbocycles. The second kappa shape index (κ2) is 6.16. The van der Waals surface area contributed by atoms with E-state index in [1.54, 1.807) is 6.33 Å². The van der Waals surface area contributed by atoms with E-state index in [2.05, 4.69) is 25.9 Å². The molecular weight excluding hydrogens is 242 g/mol. The van der Waals surface area contributed by atoms with Crippen LogP contribution in [-0.2, 0) is 4.74 Å². The molecule has 19 heavy (non-hydrogen) atoms. The predicted molar refractivity (Wildman–Crippen MR) is 74.4 cm³/mol. The smallest absolute Gasteiger partial charge is 0.131 e. The predicted octanol–water partition coefficient (Wildman–Crippen LogP) is 0.841. The molecule has 0 spiro atoms. The molecule has 0 bridgehead atoms. The minimum atomic E-state index is 0.353. The van der Waals surface area contributed by atoms with Gasteiger partial charge < -0.3 is 20.7 Å². The Morgan fingerprint density at radius 1 is 1.32 bits per heavy atom. The second-order valence-electron chi connectivity index (χ2n) is 5.17. The summed E-state index contributed by atoms with van der Waals surface area (Å²) in [6, 6.07) is 2.92. The van der Waals surface area contributed by atoms with Crippen LogP contribution in [-0.4, -0.2) is 48.4 Å². The van der Waals surface area contributed by atoms with E-state index in [1.165, 1.54) is 19.3 Å². The largest absolute Gasteiger partial charge is 0.378 e. The molecule has 2 aliphatic rings. The van der Waals surface area contributed by atoms with E-state index < -0.39 is 0 Å². The van der Waals surface area contributed by atoms with Gasteiger partial charge in [-0.1, -0.05) is 0 Å². The van der Waals surface area contributed by atoms with Crippen LogP contribution in [0.15, 0.2) is 12.4 Å². The summed E-state index contributed by atoms with van der Waals surface area (Å²) in [5.41, 5.74) is 0. The van der Waals surface area contributed by atoms with Gasteiger partial charge in [0.1, 0.15) is 18.0 Å². The zero-order chi connectivity index (χ0) is 12.9. The Balaban J connectivity index is 1.50. The van der Waals surface area contributed by atoms with Crippen molar-refractivity contribution in [1.29, 1.82) is 0 Å². The van der Waals surface area contributed by atoms with Crippen molar-refractivity contribution in [3.63, 3.8) is 0 Å². The van der Waals surface area contributed by atoms with Crippen LogP contribution in [0, 0.1) is 0 Å². The Bertz CT molecular complexity index is 404. The third-order valence-electron chi connectivity index (χ3n) is 3.65. The van der Waals surface area contributed by atoms with Crippen LogP contribution in [0.2, 0.25) is 0 Å². The molecule has 6 heteroatoms. The Kier molecular flexibility index (Phi) is 4.10. The molecule has 1 atom stereocenters. The molecule has 104 valence electrons. The molecule has 2 fully saturated rings. The number of rotatable bonds is 5. The van der Waals surface area contributed by atoms with Crippen LogP contribution in [0.4, 0.5) is 11.6 Å². The number of aromatic nitrogens is 2. The van der Waals surface area contributed by atoms with Gasteiger partial charge in [-0.05, 0) is 19.3 Å². The fourth-order valence-electron chi connectivity index (χ4n) is 2.27. The van der Waals surface area contributed by atoms with E-state index in [1.807, 2.05) is 6.07 Å². The third-order valence-corrected chi connectivity index (χ3v) is 3.65. The van der Waals surface area contributed by atoms with E-state index in [9.17, 15) is 0 Å². The van der Waals surface area contributed by atoms with Gasteiger partial charge in [-0.25, -0.2) is 9.97 Å². The lowest BCUT2D eigenvalue weighted by Gasteiger charge is -2.27. The van der Waals surface area contributed by atoms with Crippen molar-refractivity contribution in [3.05, 3.63) is 12.4 Å². The van der Waals surface area contributed by atoms with Crippen molar-refractivity contribution in [2.75, 3.05) is 36.9 Å². The summed E-state index contributed by atoms with van der Waals surface area (Å²) in [7, 11) is 0. The van der Waals surface area contributed by atoms with Gasteiger partial charge in [0, 0.05) is 31.2 Å². The Morgan fingerprint density at radius 3 is 2.95 bits per heavy atom. The highest BCUT2D eigenvalue weighted by Gasteiger charge is 2.17. The first kappa shape index (κ1) is 12.6. The van der Waals surface area contributed by atoms with Crippen molar-refractivity contribution in [3.8, 4) is 0 Å². The van der Waals surface area contributed by atoms with Crippen LogP contribution < -0.4 is 16.0 Å². The van der Waals surface area contributed by atoms with E-state index >= 15 is 0 Å². The fourth-order valence-corrected chi connectivity index (χ4v) is 2.27. The molecule has 1 aliphatic carbocycles. The maximum Gasteiger partial charge on any atom is 0.131 e. The van der Waals surface area contributed by atoms with Gasteiger partial charge in [0.15, 0.2) is 0 Å². The van der Waals surface area contributed by atoms with Gasteiger partial charge in [0.05, 0.1) is 13.2 Å². The van der Waals surface area contributed by atoms with Gasteiger partial charge in [-0.15, -0.1) is 0 Å². The molecule has 1 aromatic heterocycles. The first-order chi connectivity index (χ1) is 9.40. The summed E-state index contributed by atoms with van der Waals surface area (Å²) in [4.78, 5) is 8.50. The minimum absolute atomic E-state index is 0.353. The monoisotopic (exact) mass is 263 g/mol. The highest BCUT2D eigenvalue weighted by atomic mass is 16.5. The standard InChI is InChI=1S/C13H21N5O/c1-2-10(3-1)18-13-6-12(16-9-17-13)15-7-11-8-19-5-4-14-11/h6,9-11,14H,1-5,7-8H2,(H2,15,16,17,18). The Morgan fingerprint density at radius 2 is 2.21 bits per heavy atom. The van der Waals surface area contributed by atoms with Crippen LogP contribution in [0.3, 0.4) is 0 Å². The van der Waals surface area contributed by atoms with E-state index in [0.29, 0.717) is 12.1 Å². The molecule has 0 radical (unpaired) electrons. The number of ether oxygens (including phenoxy) is 1. The minimum Gasteiger partial charge on any atom is -0.378 e. The van der Waals surface area contributed by atoms with E-state index in [4.69, 9.17) is 4.74 Å². The number of anilines is 2. The SMILES string of the molecule is c1nc(NCC2COCCN2)cc(NC2CCC2)n1. The van der Waals surface area contributed by atoms with Gasteiger partial charge in [-0.3, -0.25) is 0 Å². The quantitative estimate of drug-likeness (QED) is 0.731. The third kappa shape index (κ3) is 3.54. The lowest BCUT2D eigenvalue weighted by Crippen LogP contribution is -2.45. The number of nitrogens with zero attached hydrogens (tertiary/aromatic N) is 2.